The van der Waals surface area contributed by atoms with Gasteiger partial charge in [0.15, 0.2) is 0 Å². The third-order valence-corrected chi connectivity index (χ3v) is 10.7. The summed E-state index contributed by atoms with van der Waals surface area (Å²) in [6, 6.07) is 75.6. The van der Waals surface area contributed by atoms with Crippen molar-refractivity contribution in [1.29, 1.82) is 0 Å². The molecule has 0 N–H and O–H groups in total. The Morgan fingerprint density at radius 2 is 0.615 bits per heavy atom. The van der Waals surface area contributed by atoms with Gasteiger partial charge in [-0.1, -0.05) is 206 Å². The molecule has 0 amide bonds. The molecule has 0 aliphatic rings. The second-order valence-corrected chi connectivity index (χ2v) is 13.6. The molecule has 0 atom stereocenters. The maximum Gasteiger partial charge on any atom is -0.00139 e. The molecule has 0 saturated heterocycles. The summed E-state index contributed by atoms with van der Waals surface area (Å²) in [5.74, 6) is 0. The Labute approximate surface area is 303 Å². The normalized spacial score (nSPS) is 11.5. The zero-order valence-corrected chi connectivity index (χ0v) is 28.6. The van der Waals surface area contributed by atoms with E-state index in [1.807, 2.05) is 0 Å². The summed E-state index contributed by atoms with van der Waals surface area (Å²) >= 11 is 0. The molecule has 10 aromatic rings. The van der Waals surface area contributed by atoms with Gasteiger partial charge in [-0.2, -0.15) is 0 Å². The van der Waals surface area contributed by atoms with E-state index >= 15 is 0 Å². The van der Waals surface area contributed by atoms with Gasteiger partial charge in [-0.25, -0.2) is 0 Å². The fourth-order valence-corrected chi connectivity index (χ4v) is 8.35. The van der Waals surface area contributed by atoms with Gasteiger partial charge in [-0.05, 0) is 98.7 Å². The van der Waals surface area contributed by atoms with Gasteiger partial charge in [0.25, 0.3) is 0 Å². The van der Waals surface area contributed by atoms with Crippen LogP contribution in [0.5, 0.6) is 0 Å². The van der Waals surface area contributed by atoms with Crippen LogP contribution in [-0.4, -0.2) is 0 Å². The van der Waals surface area contributed by atoms with Crippen LogP contribution in [0.2, 0.25) is 0 Å². The molecule has 52 heavy (non-hydrogen) atoms. The maximum atomic E-state index is 2.34. The number of hydrogen-bond acceptors (Lipinski definition) is 0. The Morgan fingerprint density at radius 3 is 1.33 bits per heavy atom. The lowest BCUT2D eigenvalue weighted by Crippen LogP contribution is -1.95. The van der Waals surface area contributed by atoms with Gasteiger partial charge in [-0.15, -0.1) is 0 Å². The molecule has 0 heteroatoms. The maximum absolute atomic E-state index is 2.34. The number of rotatable bonds is 5. The van der Waals surface area contributed by atoms with Gasteiger partial charge in [0.1, 0.15) is 0 Å². The zero-order valence-electron chi connectivity index (χ0n) is 28.6. The van der Waals surface area contributed by atoms with E-state index in [1.54, 1.807) is 0 Å². The standard InChI is InChI=1S/C52H34/c1-2-15-35(16-3-1)36-31-33-39(34-32-36)42-27-14-30-49-50(45-29-13-20-38-18-5-7-22-41(38)45)47-25-10-11-26-48(47)52(51(42)49)46-24-9-8-23-44(46)43-28-12-19-37-17-4-6-21-40(37)43/h1-34H. The quantitative estimate of drug-likeness (QED) is 0.161. The van der Waals surface area contributed by atoms with E-state index in [2.05, 4.69) is 206 Å². The number of hydrogen-bond donors (Lipinski definition) is 0. The van der Waals surface area contributed by atoms with Crippen molar-refractivity contribution in [2.75, 3.05) is 0 Å². The van der Waals surface area contributed by atoms with Crippen molar-refractivity contribution in [3.63, 3.8) is 0 Å². The third kappa shape index (κ3) is 4.92. The Bertz CT molecular complexity index is 2920. The second-order valence-electron chi connectivity index (χ2n) is 13.6. The minimum Gasteiger partial charge on any atom is -0.0622 e. The van der Waals surface area contributed by atoms with E-state index < -0.39 is 0 Å². The molecule has 242 valence electrons. The van der Waals surface area contributed by atoms with Crippen LogP contribution in [0.25, 0.3) is 98.7 Å². The van der Waals surface area contributed by atoms with E-state index in [0.717, 1.165) is 0 Å². The Hall–Kier alpha value is -6.76. The molecule has 10 rings (SSSR count). The van der Waals surface area contributed by atoms with Gasteiger partial charge in [-0.3, -0.25) is 0 Å². The van der Waals surface area contributed by atoms with Crippen LogP contribution >= 0.6 is 0 Å². The highest BCUT2D eigenvalue weighted by Crippen LogP contribution is 2.50. The van der Waals surface area contributed by atoms with E-state index in [9.17, 15) is 0 Å². The van der Waals surface area contributed by atoms with Crippen molar-refractivity contribution in [2.45, 2.75) is 0 Å². The van der Waals surface area contributed by atoms with Gasteiger partial charge < -0.3 is 0 Å². The first kappa shape index (κ1) is 30.1. The first-order chi connectivity index (χ1) is 25.8. The summed E-state index contributed by atoms with van der Waals surface area (Å²) in [7, 11) is 0. The van der Waals surface area contributed by atoms with E-state index in [4.69, 9.17) is 0 Å². The first-order valence-electron chi connectivity index (χ1n) is 18.0. The summed E-state index contributed by atoms with van der Waals surface area (Å²) < 4.78 is 0. The summed E-state index contributed by atoms with van der Waals surface area (Å²) in [4.78, 5) is 0. The largest absolute Gasteiger partial charge is 0.0622 e. The molecular formula is C52H34. The van der Waals surface area contributed by atoms with Crippen molar-refractivity contribution in [3.8, 4) is 55.6 Å². The Morgan fingerprint density at radius 1 is 0.192 bits per heavy atom. The molecule has 0 radical (unpaired) electrons. The Balaban J connectivity index is 1.35. The summed E-state index contributed by atoms with van der Waals surface area (Å²) in [6.45, 7) is 0. The molecule has 0 saturated carbocycles. The molecule has 0 aromatic heterocycles. The van der Waals surface area contributed by atoms with Gasteiger partial charge in [0.2, 0.25) is 0 Å². The second kappa shape index (κ2) is 12.5. The molecule has 0 spiro atoms. The van der Waals surface area contributed by atoms with Crippen LogP contribution < -0.4 is 0 Å². The average molecular weight is 659 g/mol. The van der Waals surface area contributed by atoms with E-state index in [0.29, 0.717) is 0 Å². The van der Waals surface area contributed by atoms with Gasteiger partial charge in [0.05, 0.1) is 0 Å². The molecule has 0 aliphatic carbocycles. The monoisotopic (exact) mass is 658 g/mol. The van der Waals surface area contributed by atoms with E-state index in [1.165, 1.54) is 98.7 Å². The zero-order chi connectivity index (χ0) is 34.4. The van der Waals surface area contributed by atoms with E-state index in [-0.39, 0.29) is 0 Å². The van der Waals surface area contributed by atoms with Crippen LogP contribution in [0.1, 0.15) is 0 Å². The van der Waals surface area contributed by atoms with Crippen LogP contribution in [-0.2, 0) is 0 Å². The molecule has 10 aromatic carbocycles. The lowest BCUT2D eigenvalue weighted by atomic mass is 9.80. The average Bonchev–Trinajstić information content (AvgIpc) is 3.22. The minimum absolute atomic E-state index is 1.20. The lowest BCUT2D eigenvalue weighted by Gasteiger charge is -2.23. The fourth-order valence-electron chi connectivity index (χ4n) is 8.35. The lowest BCUT2D eigenvalue weighted by molar-refractivity contribution is 1.60. The van der Waals surface area contributed by atoms with Crippen LogP contribution in [0, 0.1) is 0 Å². The highest BCUT2D eigenvalue weighted by Gasteiger charge is 2.22. The molecule has 0 nitrogen and oxygen atoms in total. The van der Waals surface area contributed by atoms with Gasteiger partial charge >= 0.3 is 0 Å². The van der Waals surface area contributed by atoms with Crippen LogP contribution in [0.4, 0.5) is 0 Å². The van der Waals surface area contributed by atoms with Crippen LogP contribution in [0.3, 0.4) is 0 Å². The molecule has 0 aliphatic heterocycles. The number of fused-ring (bicyclic) bond motifs is 4. The third-order valence-electron chi connectivity index (χ3n) is 10.7. The smallest absolute Gasteiger partial charge is 0.00139 e. The molecular weight excluding hydrogens is 625 g/mol. The number of benzene rings is 10. The van der Waals surface area contributed by atoms with Crippen molar-refractivity contribution >= 4 is 43.1 Å². The predicted molar refractivity (Wildman–Crippen MR) is 224 cm³/mol. The minimum atomic E-state index is 1.20. The van der Waals surface area contributed by atoms with Gasteiger partial charge in [0, 0.05) is 0 Å². The summed E-state index contributed by atoms with van der Waals surface area (Å²) in [5, 5.41) is 10.0. The van der Waals surface area contributed by atoms with Crippen molar-refractivity contribution < 1.29 is 0 Å². The van der Waals surface area contributed by atoms with Crippen LogP contribution in [0.15, 0.2) is 206 Å². The molecule has 0 fully saturated rings. The summed E-state index contributed by atoms with van der Waals surface area (Å²) in [6.07, 6.45) is 0. The SMILES string of the molecule is c1ccc(-c2ccc(-c3cccc4c(-c5cccc6ccccc56)c5ccccc5c(-c5ccccc5-c5cccc6ccccc56)c34)cc2)cc1. The first-order valence-corrected chi connectivity index (χ1v) is 18.0. The molecule has 0 unspecified atom stereocenters. The van der Waals surface area contributed by atoms with Crippen molar-refractivity contribution in [2.24, 2.45) is 0 Å². The van der Waals surface area contributed by atoms with Crippen molar-refractivity contribution in [3.05, 3.63) is 206 Å². The summed E-state index contributed by atoms with van der Waals surface area (Å²) in [5.41, 5.74) is 12.4. The molecule has 0 heterocycles. The topological polar surface area (TPSA) is 0 Å². The predicted octanol–water partition coefficient (Wildman–Crippen LogP) is 14.6. The fraction of sp³-hybridized carbons (Fsp3) is 0. The van der Waals surface area contributed by atoms with Crippen molar-refractivity contribution in [1.82, 2.24) is 0 Å². The highest BCUT2D eigenvalue weighted by atomic mass is 14.3. The highest BCUT2D eigenvalue weighted by molar-refractivity contribution is 6.27. The molecule has 0 bridgehead atoms. The Kier molecular flexibility index (Phi) is 7.25.